The number of nitrogen functional groups attached to an aromatic ring is 1. The first kappa shape index (κ1) is 28.8. The number of nitrogens with one attached hydrogen (secondary N) is 2. The quantitative estimate of drug-likeness (QED) is 0.283. The van der Waals surface area contributed by atoms with E-state index in [0.717, 1.165) is 0 Å². The summed E-state index contributed by atoms with van der Waals surface area (Å²) in [6, 6.07) is 11.1. The molecule has 3 rings (SSSR count). The number of amides is 1. The topological polar surface area (TPSA) is 157 Å². The summed E-state index contributed by atoms with van der Waals surface area (Å²) in [6.07, 6.45) is 0.304. The molecule has 0 spiro atoms. The maximum Gasteiger partial charge on any atom is 0.281 e. The molecule has 204 valence electrons. The molecule has 1 amide bonds. The van der Waals surface area contributed by atoms with Crippen LogP contribution in [-0.2, 0) is 10.0 Å². The summed E-state index contributed by atoms with van der Waals surface area (Å²) in [7, 11) is -4.33. The summed E-state index contributed by atoms with van der Waals surface area (Å²) in [5.74, 6) is -0.889. The molecule has 0 saturated heterocycles. The Morgan fingerprint density at radius 2 is 1.89 bits per heavy atom. The van der Waals surface area contributed by atoms with Gasteiger partial charge in [0.05, 0.1) is 23.5 Å². The molecule has 0 atom stereocenters. The Hall–Kier alpha value is -3.77. The Morgan fingerprint density at radius 3 is 2.55 bits per heavy atom. The van der Waals surface area contributed by atoms with E-state index in [1.807, 2.05) is 18.6 Å². The van der Waals surface area contributed by atoms with Gasteiger partial charge in [-0.3, -0.25) is 4.79 Å². The van der Waals surface area contributed by atoms with Gasteiger partial charge in [-0.15, -0.1) is 0 Å². The molecule has 0 bridgehead atoms. The van der Waals surface area contributed by atoms with Crippen molar-refractivity contribution in [3.8, 4) is 17.0 Å². The van der Waals surface area contributed by atoms with Crippen molar-refractivity contribution in [1.29, 1.82) is 0 Å². The van der Waals surface area contributed by atoms with Crippen LogP contribution in [0, 0.1) is 11.7 Å². The molecule has 10 nitrogen and oxygen atoms in total. The zero-order valence-electron chi connectivity index (χ0n) is 21.7. The summed E-state index contributed by atoms with van der Waals surface area (Å²) in [4.78, 5) is 21.3. The molecule has 2 heterocycles. The highest BCUT2D eigenvalue weighted by atomic mass is 32.2. The minimum absolute atomic E-state index is 0.0212. The number of rotatable bonds is 11. The molecular formula is C26H32FN5O5S. The molecule has 0 radical (unpaired) electrons. The molecule has 38 heavy (non-hydrogen) atoms. The molecule has 1 aromatic carbocycles. The molecule has 3 aromatic rings. The first-order valence-corrected chi connectivity index (χ1v) is 13.4. The number of carbonyl (C=O) groups excluding carboxylic acids is 1. The van der Waals surface area contributed by atoms with Crippen LogP contribution in [-0.4, -0.2) is 48.2 Å². The van der Waals surface area contributed by atoms with Gasteiger partial charge in [0.25, 0.3) is 15.9 Å². The second-order valence-electron chi connectivity index (χ2n) is 9.80. The summed E-state index contributed by atoms with van der Waals surface area (Å²) in [5.41, 5.74) is 5.22. The summed E-state index contributed by atoms with van der Waals surface area (Å²) in [6.45, 7) is 7.82. The van der Waals surface area contributed by atoms with Gasteiger partial charge in [-0.1, -0.05) is 19.9 Å². The molecule has 0 aliphatic carbocycles. The predicted octanol–water partition coefficient (Wildman–Crippen LogP) is 3.59. The number of hydrogen-bond donors (Lipinski definition) is 4. The minimum atomic E-state index is -4.33. The van der Waals surface area contributed by atoms with Gasteiger partial charge in [0.15, 0.2) is 5.03 Å². The third-order valence-corrected chi connectivity index (χ3v) is 6.40. The zero-order chi connectivity index (χ0) is 28.1. The third kappa shape index (κ3) is 8.12. The van der Waals surface area contributed by atoms with Gasteiger partial charge >= 0.3 is 0 Å². The van der Waals surface area contributed by atoms with E-state index in [1.165, 1.54) is 42.5 Å². The van der Waals surface area contributed by atoms with Crippen molar-refractivity contribution in [2.75, 3.05) is 24.2 Å². The monoisotopic (exact) mass is 545 g/mol. The first-order chi connectivity index (χ1) is 17.7. The summed E-state index contributed by atoms with van der Waals surface area (Å²) in [5, 5.41) is 12.6. The van der Waals surface area contributed by atoms with E-state index in [2.05, 4.69) is 15.3 Å². The average Bonchev–Trinajstić information content (AvgIpc) is 2.81. The highest BCUT2D eigenvalue weighted by molar-refractivity contribution is 7.90. The van der Waals surface area contributed by atoms with Gasteiger partial charge in [0.2, 0.25) is 0 Å². The van der Waals surface area contributed by atoms with Crippen LogP contribution in [0.4, 0.5) is 16.0 Å². The molecular weight excluding hydrogens is 513 g/mol. The second-order valence-corrected chi connectivity index (χ2v) is 11.4. The number of ether oxygens (including phenoxy) is 1. The van der Waals surface area contributed by atoms with Crippen molar-refractivity contribution < 1.29 is 27.4 Å². The van der Waals surface area contributed by atoms with E-state index < -0.39 is 32.4 Å². The standard InChI is InChI=1S/C26H32FN5O5S/c1-16(2)15-37-19-13-17(12-18(27)14-19)21-9-8-20(24(30-21)29-11-10-26(3,4)34)25(33)32-38(35,36)23-7-5-6-22(28)31-23/h5-9,12-14,16,34H,10-11,15H2,1-4H3,(H2,28,31)(H,29,30)(H,32,33). The van der Waals surface area contributed by atoms with E-state index in [9.17, 15) is 22.7 Å². The number of pyridine rings is 2. The molecule has 0 aliphatic rings. The van der Waals surface area contributed by atoms with Crippen molar-refractivity contribution in [2.24, 2.45) is 5.92 Å². The lowest BCUT2D eigenvalue weighted by Gasteiger charge is -2.19. The second kappa shape index (κ2) is 11.7. The minimum Gasteiger partial charge on any atom is -0.493 e. The number of benzene rings is 1. The largest absolute Gasteiger partial charge is 0.493 e. The Morgan fingerprint density at radius 1 is 1.16 bits per heavy atom. The van der Waals surface area contributed by atoms with Crippen LogP contribution in [0.3, 0.4) is 0 Å². The van der Waals surface area contributed by atoms with Crippen LogP contribution < -0.4 is 20.5 Å². The first-order valence-electron chi connectivity index (χ1n) is 11.9. The fourth-order valence-electron chi connectivity index (χ4n) is 3.29. The molecule has 0 aliphatic heterocycles. The van der Waals surface area contributed by atoms with Gasteiger partial charge < -0.3 is 20.9 Å². The summed E-state index contributed by atoms with van der Waals surface area (Å²) >= 11 is 0. The van der Waals surface area contributed by atoms with Crippen molar-refractivity contribution in [3.05, 3.63) is 59.9 Å². The van der Waals surface area contributed by atoms with Gasteiger partial charge in [-0.25, -0.2) is 19.1 Å². The third-order valence-electron chi connectivity index (χ3n) is 5.17. The average molecular weight is 546 g/mol. The van der Waals surface area contributed by atoms with Crippen LogP contribution in [0.2, 0.25) is 0 Å². The van der Waals surface area contributed by atoms with Gasteiger partial charge in [0, 0.05) is 18.2 Å². The SMILES string of the molecule is CC(C)COc1cc(F)cc(-c2ccc(C(=O)NS(=O)(=O)c3cccc(N)n3)c(NCCC(C)(C)O)n2)c1. The lowest BCUT2D eigenvalue weighted by molar-refractivity contribution is 0.0748. The number of sulfonamides is 1. The zero-order valence-corrected chi connectivity index (χ0v) is 22.5. The number of aliphatic hydroxyl groups is 1. The van der Waals surface area contributed by atoms with Gasteiger partial charge in [0.1, 0.15) is 23.2 Å². The van der Waals surface area contributed by atoms with E-state index in [-0.39, 0.29) is 29.7 Å². The number of anilines is 2. The van der Waals surface area contributed by atoms with Gasteiger partial charge in [-0.2, -0.15) is 8.42 Å². The molecule has 0 unspecified atom stereocenters. The normalized spacial score (nSPS) is 11.9. The van der Waals surface area contributed by atoms with Gasteiger partial charge in [-0.05, 0) is 62.6 Å². The number of nitrogens with zero attached hydrogens (tertiary/aromatic N) is 2. The van der Waals surface area contributed by atoms with E-state index in [4.69, 9.17) is 10.5 Å². The fraction of sp³-hybridized carbons (Fsp3) is 0.346. The number of hydrogen-bond acceptors (Lipinski definition) is 9. The van der Waals surface area contributed by atoms with E-state index in [0.29, 0.717) is 30.0 Å². The van der Waals surface area contributed by atoms with Crippen LogP contribution >= 0.6 is 0 Å². The number of carbonyl (C=O) groups is 1. The van der Waals surface area contributed by atoms with Crippen molar-refractivity contribution in [1.82, 2.24) is 14.7 Å². The Labute approximate surface area is 221 Å². The van der Waals surface area contributed by atoms with Crippen LogP contribution in [0.25, 0.3) is 11.3 Å². The number of halogens is 1. The highest BCUT2D eigenvalue weighted by Crippen LogP contribution is 2.27. The maximum absolute atomic E-state index is 14.4. The van der Waals surface area contributed by atoms with E-state index >= 15 is 0 Å². The smallest absolute Gasteiger partial charge is 0.281 e. The molecule has 2 aromatic heterocycles. The van der Waals surface area contributed by atoms with Crippen LogP contribution in [0.15, 0.2) is 53.6 Å². The molecule has 0 saturated carbocycles. The summed E-state index contributed by atoms with van der Waals surface area (Å²) < 4.78 is 47.4. The van der Waals surface area contributed by atoms with Crippen molar-refractivity contribution in [3.63, 3.8) is 0 Å². The highest BCUT2D eigenvalue weighted by Gasteiger charge is 2.24. The van der Waals surface area contributed by atoms with Crippen molar-refractivity contribution in [2.45, 2.75) is 44.7 Å². The lowest BCUT2D eigenvalue weighted by atomic mass is 10.1. The number of nitrogens with two attached hydrogens (primary N) is 1. The molecule has 0 fully saturated rings. The maximum atomic E-state index is 14.4. The lowest BCUT2D eigenvalue weighted by Crippen LogP contribution is -2.32. The number of aromatic nitrogens is 2. The Bertz CT molecular complexity index is 1410. The fourth-order valence-corrected chi connectivity index (χ4v) is 4.23. The molecule has 12 heteroatoms. The predicted molar refractivity (Wildman–Crippen MR) is 143 cm³/mol. The van der Waals surface area contributed by atoms with E-state index in [1.54, 1.807) is 19.9 Å². The van der Waals surface area contributed by atoms with Crippen molar-refractivity contribution >= 4 is 27.6 Å². The molecule has 5 N–H and O–H groups in total. The Kier molecular flexibility index (Phi) is 8.89. The van der Waals surface area contributed by atoms with Crippen LogP contribution in [0.1, 0.15) is 44.5 Å². The van der Waals surface area contributed by atoms with Crippen LogP contribution in [0.5, 0.6) is 5.75 Å². The Balaban J connectivity index is 1.96.